The zero-order valence-corrected chi connectivity index (χ0v) is 9.57. The highest BCUT2D eigenvalue weighted by atomic mass is 35.5. The van der Waals surface area contributed by atoms with Crippen LogP contribution in [0, 0.1) is 0 Å². The fourth-order valence-corrected chi connectivity index (χ4v) is 1.60. The Balaban J connectivity index is 2.23. The molecule has 1 aromatic rings. The predicted molar refractivity (Wildman–Crippen MR) is 59.0 cm³/mol. The van der Waals surface area contributed by atoms with Crippen molar-refractivity contribution in [3.05, 3.63) is 16.6 Å². The molecule has 0 aliphatic carbocycles. The van der Waals surface area contributed by atoms with Gasteiger partial charge in [-0.05, 0) is 12.8 Å². The fourth-order valence-electron chi connectivity index (χ4n) is 0.962. The van der Waals surface area contributed by atoms with E-state index in [0.717, 1.165) is 12.8 Å². The van der Waals surface area contributed by atoms with Crippen molar-refractivity contribution in [2.45, 2.75) is 25.1 Å². The molecule has 0 bridgehead atoms. The number of nitrogens with zero attached hydrogens (tertiary/aromatic N) is 1. The number of carbonyl (C=O) groups excluding carboxylic acids is 1. The first-order chi connectivity index (χ1) is 6.74. The molecular weight excluding hydrogens is 220 g/mol. The molecule has 1 atom stereocenters. The van der Waals surface area contributed by atoms with Crippen molar-refractivity contribution in [3.63, 3.8) is 0 Å². The van der Waals surface area contributed by atoms with Gasteiger partial charge in [-0.1, -0.05) is 6.92 Å². The van der Waals surface area contributed by atoms with Crippen LogP contribution in [0.1, 0.15) is 30.3 Å². The van der Waals surface area contributed by atoms with Gasteiger partial charge in [0.05, 0.1) is 5.51 Å². The Kier molecular flexibility index (Phi) is 4.90. The summed E-state index contributed by atoms with van der Waals surface area (Å²) in [5, 5.41) is 4.64. The van der Waals surface area contributed by atoms with Gasteiger partial charge in [0.2, 0.25) is 0 Å². The molecule has 1 amide bonds. The summed E-state index contributed by atoms with van der Waals surface area (Å²) in [5.74, 6) is -0.119. The minimum atomic E-state index is -0.119. The lowest BCUT2D eigenvalue weighted by Crippen LogP contribution is -2.26. The Labute approximate surface area is 92.5 Å². The van der Waals surface area contributed by atoms with Crippen LogP contribution in [-0.4, -0.2) is 22.8 Å². The van der Waals surface area contributed by atoms with Gasteiger partial charge in [-0.15, -0.1) is 22.9 Å². The van der Waals surface area contributed by atoms with Gasteiger partial charge < -0.3 is 5.32 Å². The van der Waals surface area contributed by atoms with Crippen LogP contribution in [0.3, 0.4) is 0 Å². The number of thiazole rings is 1. The lowest BCUT2D eigenvalue weighted by atomic mass is 10.2. The number of alkyl halides is 1. The van der Waals surface area contributed by atoms with Crippen LogP contribution < -0.4 is 5.32 Å². The topological polar surface area (TPSA) is 42.0 Å². The molecule has 0 aliphatic heterocycles. The highest BCUT2D eigenvalue weighted by Gasteiger charge is 2.07. The molecule has 1 heterocycles. The highest BCUT2D eigenvalue weighted by Crippen LogP contribution is 2.05. The number of amides is 1. The van der Waals surface area contributed by atoms with Crippen molar-refractivity contribution in [2.75, 3.05) is 6.54 Å². The van der Waals surface area contributed by atoms with E-state index in [1.165, 1.54) is 11.3 Å². The zero-order valence-electron chi connectivity index (χ0n) is 8.00. The van der Waals surface area contributed by atoms with Gasteiger partial charge >= 0.3 is 0 Å². The molecule has 14 heavy (non-hydrogen) atoms. The summed E-state index contributed by atoms with van der Waals surface area (Å²) in [7, 11) is 0. The van der Waals surface area contributed by atoms with E-state index in [2.05, 4.69) is 10.3 Å². The van der Waals surface area contributed by atoms with Crippen molar-refractivity contribution >= 4 is 28.8 Å². The van der Waals surface area contributed by atoms with Gasteiger partial charge in [-0.2, -0.15) is 0 Å². The average molecular weight is 233 g/mol. The Bertz CT molecular complexity index is 276. The Morgan fingerprint density at radius 3 is 3.14 bits per heavy atom. The maximum atomic E-state index is 11.4. The molecule has 5 heteroatoms. The zero-order chi connectivity index (χ0) is 10.4. The molecule has 1 aromatic heterocycles. The molecule has 1 rings (SSSR count). The van der Waals surface area contributed by atoms with E-state index in [1.54, 1.807) is 10.9 Å². The predicted octanol–water partition coefficient (Wildman–Crippen LogP) is 2.28. The second-order valence-electron chi connectivity index (χ2n) is 2.92. The van der Waals surface area contributed by atoms with E-state index < -0.39 is 0 Å². The SMILES string of the molecule is CCC(Cl)CCNC(=O)c1cscn1. The smallest absolute Gasteiger partial charge is 0.270 e. The van der Waals surface area contributed by atoms with Gasteiger partial charge in [0.15, 0.2) is 0 Å². The van der Waals surface area contributed by atoms with Gasteiger partial charge in [-0.25, -0.2) is 4.98 Å². The van der Waals surface area contributed by atoms with Crippen LogP contribution in [0.5, 0.6) is 0 Å². The summed E-state index contributed by atoms with van der Waals surface area (Å²) >= 11 is 7.32. The lowest BCUT2D eigenvalue weighted by Gasteiger charge is -2.06. The normalized spacial score (nSPS) is 12.4. The molecular formula is C9H13ClN2OS. The molecule has 0 saturated heterocycles. The number of hydrogen-bond donors (Lipinski definition) is 1. The van der Waals surface area contributed by atoms with Crippen LogP contribution in [0.4, 0.5) is 0 Å². The first-order valence-corrected chi connectivity index (χ1v) is 5.92. The van der Waals surface area contributed by atoms with Crippen molar-refractivity contribution in [3.8, 4) is 0 Å². The van der Waals surface area contributed by atoms with Gasteiger partial charge in [0.25, 0.3) is 5.91 Å². The minimum absolute atomic E-state index is 0.119. The molecule has 0 fully saturated rings. The molecule has 1 N–H and O–H groups in total. The quantitative estimate of drug-likeness (QED) is 0.792. The third-order valence-electron chi connectivity index (χ3n) is 1.85. The molecule has 0 radical (unpaired) electrons. The van der Waals surface area contributed by atoms with E-state index in [9.17, 15) is 4.79 Å². The van der Waals surface area contributed by atoms with E-state index in [0.29, 0.717) is 12.2 Å². The van der Waals surface area contributed by atoms with Crippen molar-refractivity contribution in [2.24, 2.45) is 0 Å². The molecule has 78 valence electrons. The molecule has 0 aromatic carbocycles. The van der Waals surface area contributed by atoms with Crippen molar-refractivity contribution in [1.29, 1.82) is 0 Å². The van der Waals surface area contributed by atoms with Crippen molar-refractivity contribution in [1.82, 2.24) is 10.3 Å². The molecule has 0 spiro atoms. The lowest BCUT2D eigenvalue weighted by molar-refractivity contribution is 0.0949. The molecule has 3 nitrogen and oxygen atoms in total. The monoisotopic (exact) mass is 232 g/mol. The molecule has 1 unspecified atom stereocenters. The number of carbonyl (C=O) groups is 1. The van der Waals surface area contributed by atoms with Crippen LogP contribution >= 0.6 is 22.9 Å². The van der Waals surface area contributed by atoms with Crippen molar-refractivity contribution < 1.29 is 4.79 Å². The summed E-state index contributed by atoms with van der Waals surface area (Å²) in [6.07, 6.45) is 1.72. The number of hydrogen-bond acceptors (Lipinski definition) is 3. The van der Waals surface area contributed by atoms with Crippen LogP contribution in [-0.2, 0) is 0 Å². The number of halogens is 1. The minimum Gasteiger partial charge on any atom is -0.351 e. The second kappa shape index (κ2) is 5.98. The summed E-state index contributed by atoms with van der Waals surface area (Å²) < 4.78 is 0. The Hall–Kier alpha value is -0.610. The molecule has 0 aliphatic rings. The first-order valence-electron chi connectivity index (χ1n) is 4.54. The second-order valence-corrected chi connectivity index (χ2v) is 4.26. The summed E-state index contributed by atoms with van der Waals surface area (Å²) in [4.78, 5) is 15.3. The Morgan fingerprint density at radius 2 is 2.57 bits per heavy atom. The van der Waals surface area contributed by atoms with Gasteiger partial charge in [0, 0.05) is 17.3 Å². The molecule has 0 saturated carbocycles. The maximum absolute atomic E-state index is 11.4. The summed E-state index contributed by atoms with van der Waals surface area (Å²) in [6.45, 7) is 2.64. The van der Waals surface area contributed by atoms with E-state index in [1.807, 2.05) is 6.92 Å². The van der Waals surface area contributed by atoms with Crippen LogP contribution in [0.15, 0.2) is 10.9 Å². The van der Waals surface area contributed by atoms with E-state index >= 15 is 0 Å². The third kappa shape index (κ3) is 3.64. The summed E-state index contributed by atoms with van der Waals surface area (Å²) in [6, 6.07) is 0. The van der Waals surface area contributed by atoms with E-state index in [-0.39, 0.29) is 11.3 Å². The van der Waals surface area contributed by atoms with Gasteiger partial charge in [0.1, 0.15) is 5.69 Å². The van der Waals surface area contributed by atoms with Crippen LogP contribution in [0.2, 0.25) is 0 Å². The first kappa shape index (κ1) is 11.5. The largest absolute Gasteiger partial charge is 0.351 e. The maximum Gasteiger partial charge on any atom is 0.270 e. The number of rotatable bonds is 5. The summed E-state index contributed by atoms with van der Waals surface area (Å²) in [5.41, 5.74) is 2.13. The average Bonchev–Trinajstić information content (AvgIpc) is 2.70. The fraction of sp³-hybridized carbons (Fsp3) is 0.556. The third-order valence-corrected chi connectivity index (χ3v) is 2.96. The Morgan fingerprint density at radius 1 is 1.79 bits per heavy atom. The van der Waals surface area contributed by atoms with Gasteiger partial charge in [-0.3, -0.25) is 4.79 Å². The van der Waals surface area contributed by atoms with Crippen LogP contribution in [0.25, 0.3) is 0 Å². The van der Waals surface area contributed by atoms with E-state index in [4.69, 9.17) is 11.6 Å². The number of aromatic nitrogens is 1. The highest BCUT2D eigenvalue weighted by molar-refractivity contribution is 7.07. The standard InChI is InChI=1S/C9H13ClN2OS/c1-2-7(10)3-4-11-9(13)8-5-14-6-12-8/h5-7H,2-4H2,1H3,(H,11,13). The number of nitrogens with one attached hydrogen (secondary N) is 1.